The number of rotatable bonds is 3. The molecule has 0 radical (unpaired) electrons. The number of hydrogen-bond acceptors (Lipinski definition) is 4. The molecule has 1 N–H and O–H groups in total. The second-order valence-corrected chi connectivity index (χ2v) is 4.85. The average Bonchev–Trinajstić information content (AvgIpc) is 3.21. The van der Waals surface area contributed by atoms with Crippen molar-refractivity contribution in [3.05, 3.63) is 55.0 Å². The highest BCUT2D eigenvalue weighted by atomic mass is 16.5. The van der Waals surface area contributed by atoms with Gasteiger partial charge in [-0.1, -0.05) is 5.21 Å². The molecule has 0 aliphatic heterocycles. The summed E-state index contributed by atoms with van der Waals surface area (Å²) in [6.07, 6.45) is 5.54. The van der Waals surface area contributed by atoms with Gasteiger partial charge in [-0.3, -0.25) is 0 Å². The van der Waals surface area contributed by atoms with E-state index in [0.717, 1.165) is 33.7 Å². The van der Waals surface area contributed by atoms with E-state index in [2.05, 4.69) is 20.3 Å². The third-order valence-corrected chi connectivity index (χ3v) is 3.56. The van der Waals surface area contributed by atoms with Crippen LogP contribution in [-0.2, 0) is 0 Å². The number of pyridine rings is 1. The van der Waals surface area contributed by atoms with Crippen molar-refractivity contribution in [3.63, 3.8) is 0 Å². The van der Waals surface area contributed by atoms with E-state index in [0.29, 0.717) is 0 Å². The van der Waals surface area contributed by atoms with Gasteiger partial charge in [-0.15, -0.1) is 5.10 Å². The molecule has 0 aliphatic rings. The fraction of sp³-hybridized carbons (Fsp3) is 0.0625. The first kappa shape index (κ1) is 12.6. The highest BCUT2D eigenvalue weighted by Crippen LogP contribution is 2.23. The number of aromatic amines is 1. The molecule has 0 saturated heterocycles. The van der Waals surface area contributed by atoms with Crippen molar-refractivity contribution in [3.8, 4) is 22.7 Å². The van der Waals surface area contributed by atoms with E-state index in [1.807, 2.05) is 48.8 Å². The first-order chi connectivity index (χ1) is 10.8. The number of ether oxygens (including phenoxy) is 1. The van der Waals surface area contributed by atoms with Crippen molar-refractivity contribution in [2.45, 2.75) is 0 Å². The van der Waals surface area contributed by atoms with Gasteiger partial charge in [-0.25, -0.2) is 9.67 Å². The second-order valence-electron chi connectivity index (χ2n) is 4.85. The van der Waals surface area contributed by atoms with Gasteiger partial charge in [0, 0.05) is 23.3 Å². The summed E-state index contributed by atoms with van der Waals surface area (Å²) in [5.74, 6) is 0.818. The molecule has 0 fully saturated rings. The van der Waals surface area contributed by atoms with E-state index in [1.165, 1.54) is 0 Å². The summed E-state index contributed by atoms with van der Waals surface area (Å²) < 4.78 is 6.92. The second kappa shape index (κ2) is 5.00. The van der Waals surface area contributed by atoms with Crippen LogP contribution in [0.15, 0.2) is 55.0 Å². The maximum atomic E-state index is 5.17. The topological polar surface area (TPSA) is 68.6 Å². The molecule has 0 bridgehead atoms. The number of aromatic nitrogens is 5. The van der Waals surface area contributed by atoms with Crippen LogP contribution in [-0.4, -0.2) is 32.1 Å². The van der Waals surface area contributed by atoms with Gasteiger partial charge in [-0.2, -0.15) is 0 Å². The summed E-state index contributed by atoms with van der Waals surface area (Å²) in [5.41, 5.74) is 3.56. The van der Waals surface area contributed by atoms with E-state index in [1.54, 1.807) is 18.0 Å². The molecule has 0 aliphatic carbocycles. The third kappa shape index (κ3) is 2.01. The van der Waals surface area contributed by atoms with Gasteiger partial charge in [0.1, 0.15) is 17.1 Å². The van der Waals surface area contributed by atoms with E-state index in [-0.39, 0.29) is 0 Å². The highest BCUT2D eigenvalue weighted by Gasteiger charge is 2.10. The Hall–Kier alpha value is -3.15. The average molecular weight is 291 g/mol. The molecule has 108 valence electrons. The first-order valence-corrected chi connectivity index (χ1v) is 6.84. The maximum Gasteiger partial charge on any atom is 0.139 e. The van der Waals surface area contributed by atoms with Crippen molar-refractivity contribution in [2.24, 2.45) is 0 Å². The molecule has 6 heteroatoms. The SMILES string of the molecule is COc1ccc(-c2cn(-c3c[nH]c4ncccc34)nn2)cc1. The minimum absolute atomic E-state index is 0.806. The molecule has 4 aromatic rings. The van der Waals surface area contributed by atoms with Crippen LogP contribution in [0.2, 0.25) is 0 Å². The number of nitrogens with one attached hydrogen (secondary N) is 1. The van der Waals surface area contributed by atoms with Gasteiger partial charge in [-0.05, 0) is 36.4 Å². The molecule has 6 nitrogen and oxygen atoms in total. The Kier molecular flexibility index (Phi) is 2.86. The molecule has 0 saturated carbocycles. The minimum atomic E-state index is 0.806. The zero-order valence-corrected chi connectivity index (χ0v) is 11.9. The van der Waals surface area contributed by atoms with Gasteiger partial charge < -0.3 is 9.72 Å². The van der Waals surface area contributed by atoms with Crippen LogP contribution >= 0.6 is 0 Å². The van der Waals surface area contributed by atoms with Gasteiger partial charge in [0.25, 0.3) is 0 Å². The van der Waals surface area contributed by atoms with Crippen LogP contribution in [0, 0.1) is 0 Å². The molecule has 0 spiro atoms. The van der Waals surface area contributed by atoms with Crippen LogP contribution in [0.3, 0.4) is 0 Å². The summed E-state index contributed by atoms with van der Waals surface area (Å²) in [7, 11) is 1.65. The summed E-state index contributed by atoms with van der Waals surface area (Å²) >= 11 is 0. The molecule has 22 heavy (non-hydrogen) atoms. The van der Waals surface area contributed by atoms with Gasteiger partial charge in [0.2, 0.25) is 0 Å². The Bertz CT molecular complexity index is 923. The lowest BCUT2D eigenvalue weighted by molar-refractivity contribution is 0.415. The Morgan fingerprint density at radius 3 is 2.82 bits per heavy atom. The lowest BCUT2D eigenvalue weighted by atomic mass is 10.1. The quantitative estimate of drug-likeness (QED) is 0.630. The molecule has 4 rings (SSSR count). The largest absolute Gasteiger partial charge is 0.497 e. The monoisotopic (exact) mass is 291 g/mol. The van der Waals surface area contributed by atoms with Crippen molar-refractivity contribution >= 4 is 11.0 Å². The zero-order valence-electron chi connectivity index (χ0n) is 11.9. The number of fused-ring (bicyclic) bond motifs is 1. The molecule has 0 amide bonds. The summed E-state index contributed by atoms with van der Waals surface area (Å²) in [5, 5.41) is 9.47. The molecular formula is C16H13N5O. The number of hydrogen-bond donors (Lipinski definition) is 1. The van der Waals surface area contributed by atoms with E-state index in [4.69, 9.17) is 4.74 Å². The third-order valence-electron chi connectivity index (χ3n) is 3.56. The summed E-state index contributed by atoms with van der Waals surface area (Å²) in [4.78, 5) is 7.41. The van der Waals surface area contributed by atoms with Crippen molar-refractivity contribution in [1.82, 2.24) is 25.0 Å². The van der Waals surface area contributed by atoms with Gasteiger partial charge in [0.05, 0.1) is 19.0 Å². The van der Waals surface area contributed by atoms with Crippen LogP contribution in [0.1, 0.15) is 0 Å². The maximum absolute atomic E-state index is 5.17. The number of H-pyrrole nitrogens is 1. The number of methoxy groups -OCH3 is 1. The van der Waals surface area contributed by atoms with Crippen molar-refractivity contribution in [1.29, 1.82) is 0 Å². The molecule has 3 aromatic heterocycles. The Labute approximate surface area is 126 Å². The zero-order chi connectivity index (χ0) is 14.9. The summed E-state index contributed by atoms with van der Waals surface area (Å²) in [6.45, 7) is 0. The van der Waals surface area contributed by atoms with Crippen LogP contribution in [0.25, 0.3) is 28.0 Å². The molecule has 1 aromatic carbocycles. The van der Waals surface area contributed by atoms with E-state index >= 15 is 0 Å². The van der Waals surface area contributed by atoms with Gasteiger partial charge in [0.15, 0.2) is 0 Å². The molecular weight excluding hydrogens is 278 g/mol. The lowest BCUT2D eigenvalue weighted by Gasteiger charge is -2.00. The van der Waals surface area contributed by atoms with Gasteiger partial charge >= 0.3 is 0 Å². The number of benzene rings is 1. The van der Waals surface area contributed by atoms with E-state index < -0.39 is 0 Å². The summed E-state index contributed by atoms with van der Waals surface area (Å²) in [6, 6.07) is 11.6. The Balaban J connectivity index is 1.74. The lowest BCUT2D eigenvalue weighted by Crippen LogP contribution is -1.93. The first-order valence-electron chi connectivity index (χ1n) is 6.84. The Morgan fingerprint density at radius 2 is 2.00 bits per heavy atom. The van der Waals surface area contributed by atoms with Crippen LogP contribution in [0.4, 0.5) is 0 Å². The predicted molar refractivity (Wildman–Crippen MR) is 83.0 cm³/mol. The van der Waals surface area contributed by atoms with Crippen molar-refractivity contribution in [2.75, 3.05) is 7.11 Å². The molecule has 0 atom stereocenters. The standard InChI is InChI=1S/C16H13N5O/c1-22-12-6-4-11(5-7-12)14-10-21(20-19-14)15-9-18-16-13(15)3-2-8-17-16/h2-10H,1H3,(H,17,18). The Morgan fingerprint density at radius 1 is 1.14 bits per heavy atom. The normalized spacial score (nSPS) is 11.0. The van der Waals surface area contributed by atoms with E-state index in [9.17, 15) is 0 Å². The molecule has 3 heterocycles. The fourth-order valence-corrected chi connectivity index (χ4v) is 2.41. The minimum Gasteiger partial charge on any atom is -0.497 e. The van der Waals surface area contributed by atoms with Crippen LogP contribution in [0.5, 0.6) is 5.75 Å². The van der Waals surface area contributed by atoms with Crippen molar-refractivity contribution < 1.29 is 4.74 Å². The number of nitrogens with zero attached hydrogens (tertiary/aromatic N) is 4. The smallest absolute Gasteiger partial charge is 0.139 e. The molecule has 0 unspecified atom stereocenters. The fourth-order valence-electron chi connectivity index (χ4n) is 2.41. The van der Waals surface area contributed by atoms with Crippen LogP contribution < -0.4 is 4.74 Å². The predicted octanol–water partition coefficient (Wildman–Crippen LogP) is 2.82. The highest BCUT2D eigenvalue weighted by molar-refractivity contribution is 5.85.